The van der Waals surface area contributed by atoms with Crippen molar-refractivity contribution in [2.45, 2.75) is 65.1 Å². The molecule has 1 aliphatic rings. The molecular weight excluding hydrogens is 432 g/mol. The van der Waals surface area contributed by atoms with Gasteiger partial charge in [-0.3, -0.25) is 19.2 Å². The molecule has 2 aromatic carbocycles. The van der Waals surface area contributed by atoms with E-state index in [1.54, 1.807) is 36.4 Å². The second-order valence-electron chi connectivity index (χ2n) is 9.50. The number of rotatable bonds is 6. The number of carbonyl (C=O) groups excluding carboxylic acids is 4. The van der Waals surface area contributed by atoms with Crippen LogP contribution in [-0.4, -0.2) is 40.1 Å². The lowest BCUT2D eigenvalue weighted by molar-refractivity contribution is -0.130. The molecule has 1 aliphatic heterocycles. The summed E-state index contributed by atoms with van der Waals surface area (Å²) in [7, 11) is 0. The van der Waals surface area contributed by atoms with Crippen molar-refractivity contribution >= 4 is 35.0 Å². The van der Waals surface area contributed by atoms with Crippen molar-refractivity contribution in [1.82, 2.24) is 10.2 Å². The third kappa shape index (κ3) is 5.62. The summed E-state index contributed by atoms with van der Waals surface area (Å²) < 4.78 is 0. The standard InChI is InChI=1S/C26H32N4O4/c1-6-10-21(23(32)29-26(3,4)5)30-22(17-11-8-7-9-12-17)24(33)28-20-14-13-18(27-16(2)31)15-19(20)25(30)34/h7-9,11-15,21-22H,6,10H2,1-5H3,(H,27,31)(H,28,33)(H,29,32)/t21?,22-/m0/s1. The molecular formula is C26H32N4O4. The van der Waals surface area contributed by atoms with Crippen LogP contribution in [0.2, 0.25) is 0 Å². The summed E-state index contributed by atoms with van der Waals surface area (Å²) in [4.78, 5) is 53.9. The first kappa shape index (κ1) is 25.0. The van der Waals surface area contributed by atoms with Crippen LogP contribution in [0.5, 0.6) is 0 Å². The number of carbonyl (C=O) groups is 4. The van der Waals surface area contributed by atoms with Crippen LogP contribution >= 0.6 is 0 Å². The summed E-state index contributed by atoms with van der Waals surface area (Å²) in [6.45, 7) is 8.92. The molecule has 2 atom stereocenters. The highest BCUT2D eigenvalue weighted by molar-refractivity contribution is 6.12. The molecule has 0 bridgehead atoms. The van der Waals surface area contributed by atoms with Crippen LogP contribution in [0.15, 0.2) is 48.5 Å². The van der Waals surface area contributed by atoms with Crippen LogP contribution in [0.4, 0.5) is 11.4 Å². The molecule has 1 heterocycles. The fourth-order valence-corrected chi connectivity index (χ4v) is 4.09. The summed E-state index contributed by atoms with van der Waals surface area (Å²) in [5.41, 5.74) is 1.06. The van der Waals surface area contributed by atoms with Crippen molar-refractivity contribution in [3.63, 3.8) is 0 Å². The van der Waals surface area contributed by atoms with E-state index in [-0.39, 0.29) is 17.4 Å². The molecule has 3 N–H and O–H groups in total. The Bertz CT molecular complexity index is 1090. The van der Waals surface area contributed by atoms with E-state index in [2.05, 4.69) is 16.0 Å². The number of amides is 4. The lowest BCUT2D eigenvalue weighted by Crippen LogP contribution is -2.55. The van der Waals surface area contributed by atoms with E-state index in [4.69, 9.17) is 0 Å². The highest BCUT2D eigenvalue weighted by Crippen LogP contribution is 2.35. The zero-order chi connectivity index (χ0) is 25.0. The minimum atomic E-state index is -1.01. The maximum atomic E-state index is 14.0. The highest BCUT2D eigenvalue weighted by Gasteiger charge is 2.43. The number of hydrogen-bond acceptors (Lipinski definition) is 4. The molecule has 8 nitrogen and oxygen atoms in total. The molecule has 0 fully saturated rings. The Hall–Kier alpha value is -3.68. The van der Waals surface area contributed by atoms with Gasteiger partial charge in [-0.1, -0.05) is 43.7 Å². The normalized spacial score (nSPS) is 16.7. The summed E-state index contributed by atoms with van der Waals surface area (Å²) in [5.74, 6) is -1.47. The lowest BCUT2D eigenvalue weighted by atomic mass is 9.98. The third-order valence-corrected chi connectivity index (χ3v) is 5.40. The predicted molar refractivity (Wildman–Crippen MR) is 131 cm³/mol. The van der Waals surface area contributed by atoms with Gasteiger partial charge in [-0.2, -0.15) is 0 Å². The van der Waals surface area contributed by atoms with Gasteiger partial charge in [-0.05, 0) is 51.0 Å². The first-order valence-electron chi connectivity index (χ1n) is 11.4. The molecule has 34 heavy (non-hydrogen) atoms. The van der Waals surface area contributed by atoms with Crippen LogP contribution < -0.4 is 16.0 Å². The fourth-order valence-electron chi connectivity index (χ4n) is 4.09. The van der Waals surface area contributed by atoms with Gasteiger partial charge in [0.2, 0.25) is 11.8 Å². The molecule has 4 amide bonds. The van der Waals surface area contributed by atoms with Gasteiger partial charge in [0.1, 0.15) is 12.1 Å². The van der Waals surface area contributed by atoms with E-state index >= 15 is 0 Å². The zero-order valence-electron chi connectivity index (χ0n) is 20.3. The van der Waals surface area contributed by atoms with Gasteiger partial charge in [0, 0.05) is 18.2 Å². The second kappa shape index (κ2) is 10.1. The maximum absolute atomic E-state index is 14.0. The van der Waals surface area contributed by atoms with Gasteiger partial charge in [-0.15, -0.1) is 0 Å². The SMILES string of the molecule is CCCC(C(=O)NC(C)(C)C)N1C(=O)c2cc(NC(C)=O)ccc2NC(=O)[C@@H]1c1ccccc1. The van der Waals surface area contributed by atoms with Gasteiger partial charge in [0.15, 0.2) is 0 Å². The van der Waals surface area contributed by atoms with Crippen molar-refractivity contribution in [2.24, 2.45) is 0 Å². The van der Waals surface area contributed by atoms with Gasteiger partial charge >= 0.3 is 0 Å². The van der Waals surface area contributed by atoms with Crippen LogP contribution in [-0.2, 0) is 14.4 Å². The van der Waals surface area contributed by atoms with Crippen LogP contribution in [0.1, 0.15) is 69.4 Å². The zero-order valence-corrected chi connectivity index (χ0v) is 20.3. The molecule has 8 heteroatoms. The Labute approximate surface area is 200 Å². The van der Waals surface area contributed by atoms with E-state index in [1.807, 2.05) is 33.8 Å². The summed E-state index contributed by atoms with van der Waals surface area (Å²) in [5, 5.41) is 8.49. The molecule has 0 spiro atoms. The van der Waals surface area contributed by atoms with Crippen molar-refractivity contribution in [2.75, 3.05) is 10.6 Å². The number of nitrogens with one attached hydrogen (secondary N) is 3. The van der Waals surface area contributed by atoms with E-state index in [0.717, 1.165) is 0 Å². The highest BCUT2D eigenvalue weighted by atomic mass is 16.2. The summed E-state index contributed by atoms with van der Waals surface area (Å²) in [6.07, 6.45) is 1.01. The van der Waals surface area contributed by atoms with Crippen LogP contribution in [0.3, 0.4) is 0 Å². The molecule has 3 rings (SSSR count). The molecule has 2 aromatic rings. The minimum absolute atomic E-state index is 0.211. The smallest absolute Gasteiger partial charge is 0.257 e. The first-order chi connectivity index (χ1) is 16.0. The van der Waals surface area contributed by atoms with E-state index in [9.17, 15) is 19.2 Å². The Morgan fingerprint density at radius 2 is 1.76 bits per heavy atom. The van der Waals surface area contributed by atoms with E-state index in [0.29, 0.717) is 29.8 Å². The van der Waals surface area contributed by atoms with E-state index < -0.39 is 29.4 Å². The average molecular weight is 465 g/mol. The first-order valence-corrected chi connectivity index (χ1v) is 11.4. The fraction of sp³-hybridized carbons (Fsp3) is 0.385. The van der Waals surface area contributed by atoms with Crippen molar-refractivity contribution < 1.29 is 19.2 Å². The molecule has 0 radical (unpaired) electrons. The summed E-state index contributed by atoms with van der Waals surface area (Å²) >= 11 is 0. The van der Waals surface area contributed by atoms with Gasteiger partial charge < -0.3 is 20.9 Å². The molecule has 1 unspecified atom stereocenters. The third-order valence-electron chi connectivity index (χ3n) is 5.40. The topological polar surface area (TPSA) is 108 Å². The number of benzene rings is 2. The van der Waals surface area contributed by atoms with Crippen LogP contribution in [0, 0.1) is 0 Å². The Morgan fingerprint density at radius 1 is 1.09 bits per heavy atom. The molecule has 0 aromatic heterocycles. The van der Waals surface area contributed by atoms with Crippen molar-refractivity contribution in [1.29, 1.82) is 0 Å². The van der Waals surface area contributed by atoms with Gasteiger partial charge in [0.25, 0.3) is 11.8 Å². The largest absolute Gasteiger partial charge is 0.350 e. The number of fused-ring (bicyclic) bond motifs is 1. The van der Waals surface area contributed by atoms with Crippen molar-refractivity contribution in [3.05, 3.63) is 59.7 Å². The number of hydrogen-bond donors (Lipinski definition) is 3. The molecule has 0 aliphatic carbocycles. The molecule has 0 saturated heterocycles. The predicted octanol–water partition coefficient (Wildman–Crippen LogP) is 3.86. The summed E-state index contributed by atoms with van der Waals surface area (Å²) in [6, 6.07) is 11.8. The number of anilines is 2. The average Bonchev–Trinajstić information content (AvgIpc) is 2.85. The Kier molecular flexibility index (Phi) is 7.39. The second-order valence-corrected chi connectivity index (χ2v) is 9.50. The van der Waals surface area contributed by atoms with Crippen molar-refractivity contribution in [3.8, 4) is 0 Å². The Morgan fingerprint density at radius 3 is 2.35 bits per heavy atom. The quantitative estimate of drug-likeness (QED) is 0.603. The van der Waals surface area contributed by atoms with E-state index in [1.165, 1.54) is 17.9 Å². The molecule has 180 valence electrons. The monoisotopic (exact) mass is 464 g/mol. The maximum Gasteiger partial charge on any atom is 0.257 e. The van der Waals surface area contributed by atoms with Crippen LogP contribution in [0.25, 0.3) is 0 Å². The minimum Gasteiger partial charge on any atom is -0.350 e. The molecule has 0 saturated carbocycles. The Balaban J connectivity index is 2.18. The van der Waals surface area contributed by atoms with Gasteiger partial charge in [0.05, 0.1) is 11.3 Å². The lowest BCUT2D eigenvalue weighted by Gasteiger charge is -2.37. The number of nitrogens with zero attached hydrogens (tertiary/aromatic N) is 1. The van der Waals surface area contributed by atoms with Gasteiger partial charge in [-0.25, -0.2) is 0 Å².